The van der Waals surface area contributed by atoms with Crippen molar-refractivity contribution < 1.29 is 14.3 Å². The molecule has 0 radical (unpaired) electrons. The molecule has 2 heterocycles. The molecule has 0 aliphatic carbocycles. The first kappa shape index (κ1) is 19.4. The molecule has 1 amide bonds. The molecule has 2 aromatic rings. The Bertz CT molecular complexity index is 1090. The van der Waals surface area contributed by atoms with Gasteiger partial charge in [-0.15, -0.1) is 0 Å². The first-order chi connectivity index (χ1) is 13.4. The normalized spacial score (nSPS) is 18.8. The zero-order valence-corrected chi connectivity index (χ0v) is 18.1. The van der Waals surface area contributed by atoms with E-state index in [1.165, 1.54) is 0 Å². The molecular weight excluding hydrogens is 362 g/mol. The van der Waals surface area contributed by atoms with Crippen molar-refractivity contribution in [3.05, 3.63) is 58.7 Å². The van der Waals surface area contributed by atoms with Crippen molar-refractivity contribution in [3.8, 4) is 5.75 Å². The maximum atomic E-state index is 13.1. The fraction of sp³-hybridized carbons (Fsp3) is 0.360. The van der Waals surface area contributed by atoms with Crippen molar-refractivity contribution in [1.82, 2.24) is 0 Å². The van der Waals surface area contributed by atoms with Gasteiger partial charge in [0.15, 0.2) is 0 Å². The number of ether oxygens (including phenoxy) is 1. The number of para-hydroxylation sites is 1. The third-order valence-electron chi connectivity index (χ3n) is 5.73. The van der Waals surface area contributed by atoms with Gasteiger partial charge in [0, 0.05) is 23.7 Å². The van der Waals surface area contributed by atoms with Crippen molar-refractivity contribution in [3.63, 3.8) is 0 Å². The first-order valence-corrected chi connectivity index (χ1v) is 9.94. The molecule has 0 bridgehead atoms. The first-order valence-electron chi connectivity index (χ1n) is 9.94. The van der Waals surface area contributed by atoms with E-state index in [1.54, 1.807) is 11.9 Å². The molecule has 0 spiro atoms. The summed E-state index contributed by atoms with van der Waals surface area (Å²) in [5, 5.41) is 0. The molecule has 0 fully saturated rings. The summed E-state index contributed by atoms with van der Waals surface area (Å²) >= 11 is 0. The fourth-order valence-corrected chi connectivity index (χ4v) is 4.02. The Morgan fingerprint density at radius 3 is 2.10 bits per heavy atom. The largest absolute Gasteiger partial charge is 0.422 e. The van der Waals surface area contributed by atoms with Gasteiger partial charge >= 0.3 is 5.97 Å². The number of benzene rings is 2. The zero-order chi connectivity index (χ0) is 21.3. The van der Waals surface area contributed by atoms with Crippen LogP contribution in [0.4, 0.5) is 5.69 Å². The Morgan fingerprint density at radius 1 is 0.828 bits per heavy atom. The van der Waals surface area contributed by atoms with E-state index in [9.17, 15) is 9.59 Å². The Kier molecular flexibility index (Phi) is 4.06. The minimum atomic E-state index is -0.454. The van der Waals surface area contributed by atoms with Crippen molar-refractivity contribution in [2.45, 2.75) is 52.4 Å². The van der Waals surface area contributed by atoms with Crippen LogP contribution in [0.5, 0.6) is 5.75 Å². The van der Waals surface area contributed by atoms with Crippen LogP contribution in [0, 0.1) is 0 Å². The van der Waals surface area contributed by atoms with Gasteiger partial charge < -0.3 is 9.64 Å². The highest BCUT2D eigenvalue weighted by molar-refractivity contribution is 6.46. The lowest BCUT2D eigenvalue weighted by Crippen LogP contribution is -2.21. The van der Waals surface area contributed by atoms with Gasteiger partial charge in [0.2, 0.25) is 0 Å². The van der Waals surface area contributed by atoms with Crippen LogP contribution in [0.3, 0.4) is 0 Å². The lowest BCUT2D eigenvalue weighted by atomic mass is 9.78. The van der Waals surface area contributed by atoms with E-state index < -0.39 is 5.97 Å². The number of nitrogens with zero attached hydrogens (tertiary/aromatic N) is 1. The van der Waals surface area contributed by atoms with E-state index in [1.807, 2.05) is 30.3 Å². The summed E-state index contributed by atoms with van der Waals surface area (Å²) < 4.78 is 5.79. The van der Waals surface area contributed by atoms with Crippen LogP contribution in [0.25, 0.3) is 11.1 Å². The van der Waals surface area contributed by atoms with Gasteiger partial charge in [0.1, 0.15) is 5.75 Å². The van der Waals surface area contributed by atoms with Gasteiger partial charge in [-0.3, -0.25) is 4.79 Å². The highest BCUT2D eigenvalue weighted by atomic mass is 16.5. The third-order valence-corrected chi connectivity index (χ3v) is 5.73. The monoisotopic (exact) mass is 389 g/mol. The molecule has 4 heteroatoms. The van der Waals surface area contributed by atoms with E-state index in [0.717, 1.165) is 27.9 Å². The summed E-state index contributed by atoms with van der Waals surface area (Å²) in [6.07, 6.45) is 0. The van der Waals surface area contributed by atoms with Crippen LogP contribution in [0.1, 0.15) is 63.8 Å². The number of hydrogen-bond acceptors (Lipinski definition) is 3. The number of amides is 1. The number of anilines is 1. The van der Waals surface area contributed by atoms with E-state index >= 15 is 0 Å². The molecule has 0 N–H and O–H groups in total. The Hall–Kier alpha value is -2.88. The summed E-state index contributed by atoms with van der Waals surface area (Å²) in [5.41, 5.74) is 4.89. The molecule has 0 unspecified atom stereocenters. The van der Waals surface area contributed by atoms with Crippen LogP contribution < -0.4 is 9.64 Å². The van der Waals surface area contributed by atoms with Gasteiger partial charge in [-0.1, -0.05) is 65.8 Å². The summed E-state index contributed by atoms with van der Waals surface area (Å²) in [6.45, 7) is 12.8. The summed E-state index contributed by atoms with van der Waals surface area (Å²) in [7, 11) is 1.74. The van der Waals surface area contributed by atoms with Gasteiger partial charge in [-0.2, -0.15) is 0 Å². The zero-order valence-electron chi connectivity index (χ0n) is 18.1. The highest BCUT2D eigenvalue weighted by Gasteiger charge is 2.41. The molecular formula is C25H27NO3. The van der Waals surface area contributed by atoms with E-state index in [-0.39, 0.29) is 16.7 Å². The summed E-state index contributed by atoms with van der Waals surface area (Å²) in [6, 6.07) is 11.7. The van der Waals surface area contributed by atoms with Crippen molar-refractivity contribution in [1.29, 1.82) is 0 Å². The molecule has 0 saturated carbocycles. The Balaban J connectivity index is 2.09. The lowest BCUT2D eigenvalue weighted by molar-refractivity contribution is -0.127. The smallest absolute Gasteiger partial charge is 0.345 e. The molecule has 4 rings (SSSR count). The molecule has 29 heavy (non-hydrogen) atoms. The van der Waals surface area contributed by atoms with Gasteiger partial charge in [-0.25, -0.2) is 4.79 Å². The average molecular weight is 389 g/mol. The van der Waals surface area contributed by atoms with Crippen LogP contribution in [0.2, 0.25) is 0 Å². The molecule has 2 aliphatic rings. The minimum Gasteiger partial charge on any atom is -0.422 e. The molecule has 0 atom stereocenters. The maximum absolute atomic E-state index is 13.1. The number of likely N-dealkylation sites (N-methyl/N-ethyl adjacent to an activating group) is 1. The molecule has 2 aliphatic heterocycles. The summed E-state index contributed by atoms with van der Waals surface area (Å²) in [5.74, 6) is -0.0488. The third kappa shape index (κ3) is 2.89. The van der Waals surface area contributed by atoms with E-state index in [2.05, 4.69) is 47.6 Å². The quantitative estimate of drug-likeness (QED) is 0.358. The minimum absolute atomic E-state index is 0.106. The van der Waals surface area contributed by atoms with Crippen LogP contribution in [-0.2, 0) is 20.4 Å². The van der Waals surface area contributed by atoms with Crippen molar-refractivity contribution in [2.24, 2.45) is 0 Å². The molecule has 4 nitrogen and oxygen atoms in total. The van der Waals surface area contributed by atoms with Crippen LogP contribution in [-0.4, -0.2) is 18.9 Å². The number of carbonyl (C=O) groups excluding carboxylic acids is 2. The number of rotatable bonds is 0. The number of esters is 1. The van der Waals surface area contributed by atoms with E-state index in [0.29, 0.717) is 16.9 Å². The van der Waals surface area contributed by atoms with Crippen LogP contribution in [0.15, 0.2) is 36.4 Å². The number of fused-ring (bicyclic) bond motifs is 2. The van der Waals surface area contributed by atoms with E-state index in [4.69, 9.17) is 4.74 Å². The molecule has 0 saturated heterocycles. The molecule has 0 aromatic heterocycles. The van der Waals surface area contributed by atoms with Gasteiger partial charge in [0.25, 0.3) is 5.91 Å². The number of carbonyl (C=O) groups is 2. The standard InChI is InChI=1S/C25H27NO3/c1-24(2,3)14-12-16-20(23(28)29-21(16)17(13-14)25(4,5)6)19-15-10-8-9-11-18(15)26(7)22(19)27/h8-13H,1-7H3. The van der Waals surface area contributed by atoms with Crippen molar-refractivity contribution in [2.75, 3.05) is 11.9 Å². The lowest BCUT2D eigenvalue weighted by Gasteiger charge is -2.26. The summed E-state index contributed by atoms with van der Waals surface area (Å²) in [4.78, 5) is 27.8. The van der Waals surface area contributed by atoms with Gasteiger partial charge in [-0.05, 0) is 28.5 Å². The average Bonchev–Trinajstić information content (AvgIpc) is 3.07. The predicted octanol–water partition coefficient (Wildman–Crippen LogP) is 5.09. The van der Waals surface area contributed by atoms with Crippen LogP contribution >= 0.6 is 0 Å². The molecule has 150 valence electrons. The number of hydrogen-bond donors (Lipinski definition) is 0. The Labute approximate surface area is 172 Å². The topological polar surface area (TPSA) is 46.6 Å². The second-order valence-electron chi connectivity index (χ2n) is 9.92. The SMILES string of the molecule is CN1C(=O)C(=C2C(=O)Oc3c2cc(C(C)(C)C)cc3C(C)(C)C)c2ccccc21. The van der Waals surface area contributed by atoms with Gasteiger partial charge in [0.05, 0.1) is 16.8 Å². The maximum Gasteiger partial charge on any atom is 0.345 e. The van der Waals surface area contributed by atoms with Crippen molar-refractivity contribution >= 4 is 28.7 Å². The Morgan fingerprint density at radius 2 is 1.48 bits per heavy atom. The second kappa shape index (κ2) is 6.06. The highest BCUT2D eigenvalue weighted by Crippen LogP contribution is 2.49. The molecule has 2 aromatic carbocycles. The fourth-order valence-electron chi connectivity index (χ4n) is 4.02. The predicted molar refractivity (Wildman–Crippen MR) is 116 cm³/mol. The second-order valence-corrected chi connectivity index (χ2v) is 9.92.